The predicted octanol–water partition coefficient (Wildman–Crippen LogP) is 4.30. The average molecular weight is 457 g/mol. The van der Waals surface area contributed by atoms with Gasteiger partial charge in [-0.2, -0.15) is 5.26 Å². The molecule has 0 unspecified atom stereocenters. The van der Waals surface area contributed by atoms with Gasteiger partial charge in [0.1, 0.15) is 0 Å². The Kier molecular flexibility index (Phi) is 5.90. The van der Waals surface area contributed by atoms with Crippen LogP contribution in [0.5, 0.6) is 0 Å². The molecular formula is C25H20N4O3S. The third-order valence-corrected chi connectivity index (χ3v) is 6.41. The van der Waals surface area contributed by atoms with Crippen LogP contribution in [0.2, 0.25) is 0 Å². The fraction of sp³-hybridized carbons (Fsp3) is 0.120. The van der Waals surface area contributed by atoms with Gasteiger partial charge in [-0.3, -0.25) is 19.3 Å². The zero-order valence-electron chi connectivity index (χ0n) is 18.0. The smallest absolute Gasteiger partial charge is 0.293 e. The zero-order valence-corrected chi connectivity index (χ0v) is 18.8. The Bertz CT molecular complexity index is 1360. The molecule has 3 amide bonds. The van der Waals surface area contributed by atoms with Gasteiger partial charge in [0, 0.05) is 22.6 Å². The summed E-state index contributed by atoms with van der Waals surface area (Å²) < 4.78 is 2.00. The number of benzene rings is 2. The van der Waals surface area contributed by atoms with Gasteiger partial charge < -0.3 is 10.3 Å². The van der Waals surface area contributed by atoms with Crippen molar-refractivity contribution >= 4 is 34.9 Å². The van der Waals surface area contributed by atoms with Crippen LogP contribution in [-0.2, 0) is 11.3 Å². The van der Waals surface area contributed by atoms with Crippen LogP contribution in [0.15, 0.2) is 59.5 Å². The molecular weight excluding hydrogens is 436 g/mol. The van der Waals surface area contributed by atoms with Crippen LogP contribution in [-0.4, -0.2) is 26.5 Å². The number of hydrogen-bond acceptors (Lipinski definition) is 5. The minimum absolute atomic E-state index is 0.0526. The summed E-state index contributed by atoms with van der Waals surface area (Å²) >= 11 is 0.889. The second-order valence-electron chi connectivity index (χ2n) is 7.61. The quantitative estimate of drug-likeness (QED) is 0.576. The Morgan fingerprint density at radius 1 is 1.12 bits per heavy atom. The van der Waals surface area contributed by atoms with Gasteiger partial charge in [0.2, 0.25) is 5.91 Å². The van der Waals surface area contributed by atoms with Gasteiger partial charge in [-0.15, -0.1) is 0 Å². The van der Waals surface area contributed by atoms with Gasteiger partial charge >= 0.3 is 0 Å². The molecule has 1 saturated heterocycles. The Morgan fingerprint density at radius 3 is 2.48 bits per heavy atom. The summed E-state index contributed by atoms with van der Waals surface area (Å²) in [6.07, 6.45) is 1.72. The average Bonchev–Trinajstić information content (AvgIpc) is 3.23. The minimum atomic E-state index is -0.490. The highest BCUT2D eigenvalue weighted by Crippen LogP contribution is 2.35. The number of primary amides is 1. The number of carbonyl (C=O) groups is 3. The first-order valence-electron chi connectivity index (χ1n) is 10.1. The van der Waals surface area contributed by atoms with E-state index in [9.17, 15) is 19.6 Å². The van der Waals surface area contributed by atoms with Crippen molar-refractivity contribution in [3.63, 3.8) is 0 Å². The molecule has 3 aromatic rings. The van der Waals surface area contributed by atoms with Crippen molar-refractivity contribution < 1.29 is 14.4 Å². The van der Waals surface area contributed by atoms with Crippen LogP contribution in [0.4, 0.5) is 4.79 Å². The van der Waals surface area contributed by atoms with Crippen molar-refractivity contribution in [3.05, 3.63) is 93.1 Å². The molecule has 0 aliphatic carbocycles. The van der Waals surface area contributed by atoms with E-state index in [2.05, 4.69) is 6.07 Å². The number of aromatic nitrogens is 1. The van der Waals surface area contributed by atoms with E-state index in [-0.39, 0.29) is 17.7 Å². The Labute approximate surface area is 195 Å². The lowest BCUT2D eigenvalue weighted by Gasteiger charge is -2.13. The number of thioether (sulfide) groups is 1. The number of nitrogens with zero attached hydrogens (tertiary/aromatic N) is 3. The second kappa shape index (κ2) is 8.81. The molecule has 0 saturated carbocycles. The molecule has 1 aromatic heterocycles. The van der Waals surface area contributed by atoms with Crippen LogP contribution in [0.3, 0.4) is 0 Å². The molecule has 8 heteroatoms. The molecule has 1 fully saturated rings. The lowest BCUT2D eigenvalue weighted by molar-refractivity contribution is -0.123. The summed E-state index contributed by atoms with van der Waals surface area (Å²) in [6, 6.07) is 17.9. The minimum Gasteiger partial charge on any atom is -0.366 e. The van der Waals surface area contributed by atoms with Crippen LogP contribution in [0.1, 0.15) is 38.4 Å². The first-order chi connectivity index (χ1) is 15.8. The number of aryl methyl sites for hydroxylation is 1. The zero-order chi connectivity index (χ0) is 23.7. The van der Waals surface area contributed by atoms with E-state index in [1.807, 2.05) is 36.6 Å². The Hall–Kier alpha value is -4.09. The maximum Gasteiger partial charge on any atom is 0.293 e. The summed E-state index contributed by atoms with van der Waals surface area (Å²) in [6.45, 7) is 3.92. The molecule has 4 rings (SSSR count). The van der Waals surface area contributed by atoms with E-state index in [0.29, 0.717) is 21.6 Å². The van der Waals surface area contributed by atoms with Crippen molar-refractivity contribution in [2.24, 2.45) is 5.73 Å². The molecule has 1 aliphatic heterocycles. The molecule has 7 nitrogen and oxygen atoms in total. The summed E-state index contributed by atoms with van der Waals surface area (Å²) in [5, 5.41) is 8.92. The van der Waals surface area contributed by atoms with Crippen LogP contribution in [0.25, 0.3) is 11.8 Å². The van der Waals surface area contributed by atoms with Crippen LogP contribution < -0.4 is 5.73 Å². The number of imide groups is 1. The van der Waals surface area contributed by atoms with Gasteiger partial charge in [0.15, 0.2) is 0 Å². The van der Waals surface area contributed by atoms with Crippen molar-refractivity contribution in [2.45, 2.75) is 20.4 Å². The van der Waals surface area contributed by atoms with Gasteiger partial charge in [0.25, 0.3) is 11.1 Å². The number of hydrogen-bond donors (Lipinski definition) is 1. The fourth-order valence-corrected chi connectivity index (χ4v) is 4.65. The molecule has 33 heavy (non-hydrogen) atoms. The highest BCUT2D eigenvalue weighted by Gasteiger charge is 2.35. The number of nitriles is 1. The van der Waals surface area contributed by atoms with Crippen LogP contribution >= 0.6 is 11.8 Å². The van der Waals surface area contributed by atoms with Gasteiger partial charge in [-0.1, -0.05) is 18.2 Å². The van der Waals surface area contributed by atoms with E-state index in [1.165, 1.54) is 0 Å². The summed E-state index contributed by atoms with van der Waals surface area (Å²) in [7, 11) is 0. The first-order valence-corrected chi connectivity index (χ1v) is 10.9. The topological polar surface area (TPSA) is 109 Å². The van der Waals surface area contributed by atoms with E-state index in [0.717, 1.165) is 39.3 Å². The van der Waals surface area contributed by atoms with Crippen molar-refractivity contribution in [2.75, 3.05) is 0 Å². The number of nitrogens with two attached hydrogens (primary N) is 1. The third kappa shape index (κ3) is 4.19. The van der Waals surface area contributed by atoms with Gasteiger partial charge in [0.05, 0.1) is 23.1 Å². The maximum atomic E-state index is 13.0. The fourth-order valence-electron chi connectivity index (χ4n) is 3.82. The number of carbonyl (C=O) groups excluding carboxylic acids is 3. The SMILES string of the molecule is Cc1cc(/C=C2/SC(=O)N(Cc3ccccc3C#N)C2=O)c(C)n1-c1ccc(C(N)=O)cc1. The Morgan fingerprint density at radius 2 is 1.82 bits per heavy atom. The van der Waals surface area contributed by atoms with Crippen LogP contribution in [0, 0.1) is 25.2 Å². The summed E-state index contributed by atoms with van der Waals surface area (Å²) in [5.41, 5.74) is 10.3. The molecule has 0 radical (unpaired) electrons. The van der Waals surface area contributed by atoms with E-state index in [4.69, 9.17) is 5.73 Å². The standard InChI is InChI=1S/C25H20N4O3S/c1-15-11-20(16(2)29(15)21-9-7-17(8-10-21)23(27)30)12-22-24(31)28(25(32)33-22)14-19-6-4-3-5-18(19)13-26/h3-12H,14H2,1-2H3,(H2,27,30)/b22-12+. The molecule has 1 aliphatic rings. The second-order valence-corrected chi connectivity index (χ2v) is 8.60. The molecule has 0 atom stereocenters. The maximum absolute atomic E-state index is 13.0. The van der Waals surface area contributed by atoms with E-state index in [1.54, 1.807) is 42.5 Å². The predicted molar refractivity (Wildman–Crippen MR) is 126 cm³/mol. The lowest BCUT2D eigenvalue weighted by Crippen LogP contribution is -2.27. The van der Waals surface area contributed by atoms with E-state index >= 15 is 0 Å². The lowest BCUT2D eigenvalue weighted by atomic mass is 10.1. The highest BCUT2D eigenvalue weighted by molar-refractivity contribution is 8.18. The molecule has 0 spiro atoms. The monoisotopic (exact) mass is 456 g/mol. The normalized spacial score (nSPS) is 14.7. The molecule has 2 N–H and O–H groups in total. The summed E-state index contributed by atoms with van der Waals surface area (Å²) in [5.74, 6) is -0.871. The molecule has 164 valence electrons. The Balaban J connectivity index is 1.63. The summed E-state index contributed by atoms with van der Waals surface area (Å²) in [4.78, 5) is 38.4. The highest BCUT2D eigenvalue weighted by atomic mass is 32.2. The molecule has 0 bridgehead atoms. The molecule has 2 heterocycles. The molecule has 2 aromatic carbocycles. The largest absolute Gasteiger partial charge is 0.366 e. The third-order valence-electron chi connectivity index (χ3n) is 5.51. The number of rotatable bonds is 5. The van der Waals surface area contributed by atoms with Crippen molar-refractivity contribution in [1.29, 1.82) is 5.26 Å². The van der Waals surface area contributed by atoms with Gasteiger partial charge in [-0.25, -0.2) is 0 Å². The number of amides is 3. The van der Waals surface area contributed by atoms with Crippen molar-refractivity contribution in [1.82, 2.24) is 9.47 Å². The van der Waals surface area contributed by atoms with E-state index < -0.39 is 5.91 Å². The first kappa shape index (κ1) is 22.1. The van der Waals surface area contributed by atoms with Gasteiger partial charge in [-0.05, 0) is 79.2 Å². The van der Waals surface area contributed by atoms with Crippen molar-refractivity contribution in [3.8, 4) is 11.8 Å².